The minimum atomic E-state index is 0.122. The van der Waals surface area contributed by atoms with E-state index in [4.69, 9.17) is 0 Å². The maximum absolute atomic E-state index is 11.1. The van der Waals surface area contributed by atoms with Crippen molar-refractivity contribution in [1.82, 2.24) is 9.97 Å². The Kier molecular flexibility index (Phi) is 14.2. The molecule has 0 radical (unpaired) electrons. The molecule has 0 spiro atoms. The molecule has 1 heterocycles. The van der Waals surface area contributed by atoms with Crippen LogP contribution in [0, 0.1) is 18.8 Å². The minimum absolute atomic E-state index is 0.122. The van der Waals surface area contributed by atoms with Gasteiger partial charge in [-0.3, -0.25) is 4.79 Å². The lowest BCUT2D eigenvalue weighted by Gasteiger charge is -2.24. The predicted molar refractivity (Wildman–Crippen MR) is 179 cm³/mol. The first kappa shape index (κ1) is 33.7. The van der Waals surface area contributed by atoms with Crippen molar-refractivity contribution in [3.8, 4) is 0 Å². The van der Waals surface area contributed by atoms with Crippen molar-refractivity contribution in [2.45, 2.75) is 80.1 Å². The quantitative estimate of drug-likeness (QED) is 0.239. The van der Waals surface area contributed by atoms with Gasteiger partial charge in [0.25, 0.3) is 0 Å². The third-order valence-electron chi connectivity index (χ3n) is 7.56. The number of hydrogen-bond donors (Lipinski definition) is 0. The van der Waals surface area contributed by atoms with Crippen molar-refractivity contribution in [3.63, 3.8) is 0 Å². The van der Waals surface area contributed by atoms with Crippen molar-refractivity contribution >= 4 is 33.7 Å². The van der Waals surface area contributed by atoms with Crippen LogP contribution in [0.3, 0.4) is 0 Å². The number of carbonyl (C=O) groups excluding carboxylic acids is 1. The molecule has 2 aromatic carbocycles. The number of allylic oxidation sites excluding steroid dienone is 5. The summed E-state index contributed by atoms with van der Waals surface area (Å²) in [5.74, 6) is 4.01. The summed E-state index contributed by atoms with van der Waals surface area (Å²) in [5, 5.41) is 1.10. The molecule has 4 heteroatoms. The van der Waals surface area contributed by atoms with Crippen LogP contribution in [0.5, 0.6) is 0 Å². The molecule has 1 saturated carbocycles. The molecule has 220 valence electrons. The number of carbonyl (C=O) groups is 1. The third kappa shape index (κ3) is 10.4. The summed E-state index contributed by atoms with van der Waals surface area (Å²) in [4.78, 5) is 21.9. The average Bonchev–Trinajstić information content (AvgIpc) is 3.31. The van der Waals surface area contributed by atoms with E-state index in [1.54, 1.807) is 19.1 Å². The molecule has 0 unspecified atom stereocenters. The summed E-state index contributed by atoms with van der Waals surface area (Å²) in [6, 6.07) is 16.3. The van der Waals surface area contributed by atoms with Gasteiger partial charge in [0, 0.05) is 19.5 Å². The van der Waals surface area contributed by atoms with Crippen molar-refractivity contribution in [2.75, 3.05) is 19.0 Å². The zero-order chi connectivity index (χ0) is 30.4. The fourth-order valence-corrected chi connectivity index (χ4v) is 5.32. The third-order valence-corrected chi connectivity index (χ3v) is 7.56. The zero-order valence-electron chi connectivity index (χ0n) is 26.7. The van der Waals surface area contributed by atoms with Gasteiger partial charge in [0.1, 0.15) is 11.6 Å². The van der Waals surface area contributed by atoms with Crippen LogP contribution in [0.2, 0.25) is 0 Å². The van der Waals surface area contributed by atoms with E-state index >= 15 is 0 Å². The maximum atomic E-state index is 11.1. The van der Waals surface area contributed by atoms with Gasteiger partial charge in [0.15, 0.2) is 5.78 Å². The van der Waals surface area contributed by atoms with E-state index in [9.17, 15) is 4.79 Å². The summed E-state index contributed by atoms with van der Waals surface area (Å²) in [6.45, 7) is 15.5. The molecule has 3 aromatic rings. The SMILES string of the molecule is C/C=C1\C/C(=C\C(C)=O)c2ccccc21.C=CC.CCC1CCC(C)CC1.Cc1nc(N(C)C)c2ccccc2n1. The van der Waals surface area contributed by atoms with Crippen molar-refractivity contribution in [2.24, 2.45) is 11.8 Å². The number of fused-ring (bicyclic) bond motifs is 2. The minimum Gasteiger partial charge on any atom is -0.362 e. The largest absolute Gasteiger partial charge is 0.362 e. The topological polar surface area (TPSA) is 46.1 Å². The highest BCUT2D eigenvalue weighted by Gasteiger charge is 2.19. The second kappa shape index (κ2) is 17.3. The molecule has 2 aliphatic rings. The molecule has 1 aromatic heterocycles. The van der Waals surface area contributed by atoms with Gasteiger partial charge in [-0.1, -0.05) is 94.5 Å². The first-order valence-corrected chi connectivity index (χ1v) is 15.1. The summed E-state index contributed by atoms with van der Waals surface area (Å²) in [7, 11) is 3.99. The van der Waals surface area contributed by atoms with Crippen molar-refractivity contribution < 1.29 is 4.79 Å². The Balaban J connectivity index is 0.000000211. The van der Waals surface area contributed by atoms with Crippen LogP contribution in [0.4, 0.5) is 5.82 Å². The second-order valence-corrected chi connectivity index (χ2v) is 11.3. The molecule has 2 aliphatic carbocycles. The standard InChI is InChI=1S/C14H14O.C11H13N3.C9H18.C3H6/c1-3-11-9-12(8-10(2)15)14-7-5-4-6-13(11)14;1-8-12-10-7-5-4-6-9(10)11(13-8)14(2)3;1-3-9-6-4-8(2)5-7-9;1-3-2/h3-8H,9H2,1-2H3;4-7H,1-3H3;8-9H,3-7H2,1-2H3;3H,1H2,2H3/b11-3+,12-8+;;;. The Bertz CT molecular complexity index is 1330. The molecule has 1 fully saturated rings. The van der Waals surface area contributed by atoms with Gasteiger partial charge in [-0.25, -0.2) is 9.97 Å². The Hall–Kier alpha value is -3.53. The monoisotopic (exact) mass is 553 g/mol. The highest BCUT2D eigenvalue weighted by Crippen LogP contribution is 2.40. The van der Waals surface area contributed by atoms with Gasteiger partial charge in [0.05, 0.1) is 5.52 Å². The Morgan fingerprint density at radius 1 is 0.951 bits per heavy atom. The average molecular weight is 554 g/mol. The van der Waals surface area contributed by atoms with E-state index in [0.29, 0.717) is 0 Å². The van der Waals surface area contributed by atoms with Crippen LogP contribution in [0.15, 0.2) is 73.3 Å². The normalized spacial score (nSPS) is 19.1. The van der Waals surface area contributed by atoms with Crippen molar-refractivity contribution in [1.29, 1.82) is 0 Å². The van der Waals surface area contributed by atoms with E-state index in [1.165, 1.54) is 48.8 Å². The number of anilines is 1. The molecule has 0 N–H and O–H groups in total. The molecule has 0 atom stereocenters. The Morgan fingerprint density at radius 3 is 2.05 bits per heavy atom. The number of nitrogens with zero attached hydrogens (tertiary/aromatic N) is 3. The van der Waals surface area contributed by atoms with Crippen LogP contribution in [0.25, 0.3) is 22.0 Å². The molecule has 0 amide bonds. The highest BCUT2D eigenvalue weighted by atomic mass is 16.1. The maximum Gasteiger partial charge on any atom is 0.152 e. The lowest BCUT2D eigenvalue weighted by Crippen LogP contribution is -2.12. The van der Waals surface area contributed by atoms with E-state index in [-0.39, 0.29) is 5.78 Å². The smallest absolute Gasteiger partial charge is 0.152 e. The van der Waals surface area contributed by atoms with E-state index in [1.807, 2.05) is 76.2 Å². The summed E-state index contributed by atoms with van der Waals surface area (Å²) < 4.78 is 0. The van der Waals surface area contributed by atoms with Crippen LogP contribution in [-0.2, 0) is 4.79 Å². The van der Waals surface area contributed by atoms with Crippen LogP contribution >= 0.6 is 0 Å². The van der Waals surface area contributed by atoms with Gasteiger partial charge < -0.3 is 4.90 Å². The Labute approximate surface area is 249 Å². The summed E-state index contributed by atoms with van der Waals surface area (Å²) in [6.07, 6.45) is 13.9. The van der Waals surface area contributed by atoms with Gasteiger partial charge in [0.2, 0.25) is 0 Å². The molecule has 5 rings (SSSR count). The molecule has 41 heavy (non-hydrogen) atoms. The summed E-state index contributed by atoms with van der Waals surface area (Å²) >= 11 is 0. The number of aryl methyl sites for hydroxylation is 1. The number of hydrogen-bond acceptors (Lipinski definition) is 4. The van der Waals surface area contributed by atoms with E-state index < -0.39 is 0 Å². The van der Waals surface area contributed by atoms with Crippen LogP contribution in [0.1, 0.15) is 90.1 Å². The second-order valence-electron chi connectivity index (χ2n) is 11.3. The van der Waals surface area contributed by atoms with Gasteiger partial charge in [-0.05, 0) is 86.4 Å². The van der Waals surface area contributed by atoms with E-state index in [0.717, 1.165) is 46.4 Å². The molecule has 4 nitrogen and oxygen atoms in total. The fourth-order valence-electron chi connectivity index (χ4n) is 5.32. The van der Waals surface area contributed by atoms with E-state index in [2.05, 4.69) is 48.6 Å². The summed E-state index contributed by atoms with van der Waals surface area (Å²) in [5.41, 5.74) is 5.95. The number of ketones is 1. The highest BCUT2D eigenvalue weighted by molar-refractivity contribution is 6.01. The lowest BCUT2D eigenvalue weighted by molar-refractivity contribution is -0.112. The fraction of sp³-hybridized carbons (Fsp3) is 0.432. The van der Waals surface area contributed by atoms with Gasteiger partial charge >= 0.3 is 0 Å². The molecular formula is C37H51N3O. The number of para-hydroxylation sites is 1. The Morgan fingerprint density at radius 2 is 1.51 bits per heavy atom. The van der Waals surface area contributed by atoms with Crippen molar-refractivity contribution in [3.05, 3.63) is 90.3 Å². The zero-order valence-corrected chi connectivity index (χ0v) is 26.7. The molecule has 0 saturated heterocycles. The number of rotatable bonds is 3. The van der Waals surface area contributed by atoms with Crippen LogP contribution < -0.4 is 4.90 Å². The number of benzene rings is 2. The molecular weight excluding hydrogens is 502 g/mol. The van der Waals surface area contributed by atoms with Gasteiger partial charge in [-0.15, -0.1) is 6.58 Å². The first-order valence-electron chi connectivity index (χ1n) is 15.1. The van der Waals surface area contributed by atoms with Crippen LogP contribution in [-0.4, -0.2) is 29.8 Å². The predicted octanol–water partition coefficient (Wildman–Crippen LogP) is 9.89. The van der Waals surface area contributed by atoms with Gasteiger partial charge in [-0.2, -0.15) is 0 Å². The lowest BCUT2D eigenvalue weighted by atomic mass is 9.82. The molecule has 0 aliphatic heterocycles. The number of aromatic nitrogens is 2. The first-order chi connectivity index (χ1) is 19.6. The molecule has 0 bridgehead atoms.